The van der Waals surface area contributed by atoms with E-state index in [0.717, 1.165) is 0 Å². The van der Waals surface area contributed by atoms with Gasteiger partial charge in [0.15, 0.2) is 0 Å². The van der Waals surface area contributed by atoms with Crippen LogP contribution in [0.4, 0.5) is 15.3 Å². The summed E-state index contributed by atoms with van der Waals surface area (Å²) in [6.45, 7) is 11.6. The summed E-state index contributed by atoms with van der Waals surface area (Å²) in [5.41, 5.74) is -0.635. The van der Waals surface area contributed by atoms with Crippen molar-refractivity contribution < 1.29 is 35.9 Å². The fraction of sp³-hybridized carbons (Fsp3) is 0.667. The summed E-state index contributed by atoms with van der Waals surface area (Å²) in [6, 6.07) is 8.73. The molecule has 1 N–H and O–H groups in total. The highest BCUT2D eigenvalue weighted by molar-refractivity contribution is 8.14. The molecule has 2 atom stereocenters. The number of carbonyl (C=O) groups is 2. The van der Waals surface area contributed by atoms with Crippen molar-refractivity contribution in [2.24, 2.45) is 0 Å². The molecule has 2 aliphatic heterocycles. The third kappa shape index (κ3) is 10.5. The Bertz CT molecular complexity index is 1180. The van der Waals surface area contributed by atoms with Crippen LogP contribution in [0, 0.1) is 0 Å². The quantitative estimate of drug-likeness (QED) is 0.515. The number of anilines is 1. The second kappa shape index (κ2) is 12.3. The number of rotatable bonds is 4. The van der Waals surface area contributed by atoms with Crippen molar-refractivity contribution in [3.8, 4) is 0 Å². The maximum absolute atomic E-state index is 12.4. The molecule has 11 nitrogen and oxygen atoms in total. The normalized spacial score (nSPS) is 20.4. The molecule has 2 fully saturated rings. The predicted octanol–water partition coefficient (Wildman–Crippen LogP) is 4.00. The van der Waals surface area contributed by atoms with E-state index in [1.807, 2.05) is 6.07 Å². The summed E-state index contributed by atoms with van der Waals surface area (Å²) < 4.78 is 59.8. The zero-order valence-corrected chi connectivity index (χ0v) is 25.0. The molecule has 0 saturated carbocycles. The van der Waals surface area contributed by atoms with E-state index >= 15 is 0 Å². The minimum atomic E-state index is -3.59. The highest BCUT2D eigenvalue weighted by Crippen LogP contribution is 2.23. The number of carbonyl (C=O) groups excluding carboxylic acids is 2. The zero-order chi connectivity index (χ0) is 28.9. The van der Waals surface area contributed by atoms with E-state index < -0.39 is 53.0 Å². The third-order valence-electron chi connectivity index (χ3n) is 5.46. The molecule has 2 saturated heterocycles. The van der Waals surface area contributed by atoms with Gasteiger partial charge in [-0.05, 0) is 66.5 Å². The van der Waals surface area contributed by atoms with Gasteiger partial charge in [0.25, 0.3) is 0 Å². The van der Waals surface area contributed by atoms with Crippen molar-refractivity contribution in [2.75, 3.05) is 30.9 Å². The Morgan fingerprint density at radius 2 is 1.24 bits per heavy atom. The summed E-state index contributed by atoms with van der Waals surface area (Å²) in [4.78, 5) is 26.4. The second-order valence-corrected chi connectivity index (χ2v) is 16.0. The lowest BCUT2D eigenvalue weighted by molar-refractivity contribution is 0.0285. The van der Waals surface area contributed by atoms with E-state index in [1.54, 1.807) is 65.8 Å². The van der Waals surface area contributed by atoms with Crippen LogP contribution in [0.15, 0.2) is 30.3 Å². The number of para-hydroxylation sites is 1. The summed E-state index contributed by atoms with van der Waals surface area (Å²) >= 11 is 0. The average Bonchev–Trinajstić information content (AvgIpc) is 3.43. The molecule has 2 heterocycles. The number of benzene rings is 1. The molecule has 2 unspecified atom stereocenters. The van der Waals surface area contributed by atoms with Crippen LogP contribution in [0.1, 0.15) is 54.4 Å². The van der Waals surface area contributed by atoms with E-state index in [-0.39, 0.29) is 13.1 Å². The summed E-state index contributed by atoms with van der Waals surface area (Å²) in [6.07, 6.45) is -0.188. The van der Waals surface area contributed by atoms with Crippen molar-refractivity contribution in [3.63, 3.8) is 0 Å². The zero-order valence-electron chi connectivity index (χ0n) is 22.6. The van der Waals surface area contributed by atoms with E-state index in [4.69, 9.17) is 20.2 Å². The van der Waals surface area contributed by atoms with Gasteiger partial charge in [-0.2, -0.15) is 0 Å². The molecule has 0 bridgehead atoms. The molecule has 3 rings (SSSR count). The standard InChI is InChI=1S/C15H22N2O4S.C9H16ClNO4S/c1-15(2,3)21-14(18)17-10-9-13(11-17)22(19,20)16-12-7-5-4-6-8-12;1-9(2,3)15-8(12)11-5-4-7(6-11)16(10,13)14/h4-8,13,16H,9-11H2,1-3H3;7H,4-6H2,1-3H3. The number of ether oxygens (including phenoxy) is 2. The molecule has 0 radical (unpaired) electrons. The SMILES string of the molecule is CC(C)(C)OC(=O)N1CCC(S(=O)(=O)Cl)C1.CC(C)(C)OC(=O)N1CCC(S(=O)(=O)Nc2ccccc2)C1. The lowest BCUT2D eigenvalue weighted by Crippen LogP contribution is -2.37. The Morgan fingerprint density at radius 3 is 1.63 bits per heavy atom. The molecule has 1 aromatic carbocycles. The Balaban J connectivity index is 0.000000281. The molecule has 216 valence electrons. The molecule has 2 aliphatic rings. The second-order valence-electron chi connectivity index (χ2n) is 11.2. The fourth-order valence-electron chi connectivity index (χ4n) is 3.68. The van der Waals surface area contributed by atoms with Gasteiger partial charge < -0.3 is 19.3 Å². The van der Waals surface area contributed by atoms with Gasteiger partial charge in [0, 0.05) is 42.5 Å². The summed E-state index contributed by atoms with van der Waals surface area (Å²) in [7, 11) is -1.88. The van der Waals surface area contributed by atoms with E-state index in [1.165, 1.54) is 9.80 Å². The van der Waals surface area contributed by atoms with Gasteiger partial charge >= 0.3 is 12.2 Å². The first-order chi connectivity index (χ1) is 17.3. The van der Waals surface area contributed by atoms with Crippen LogP contribution in [-0.2, 0) is 28.5 Å². The Hall–Kier alpha value is -2.25. The van der Waals surface area contributed by atoms with Crippen molar-refractivity contribution in [2.45, 2.75) is 76.1 Å². The number of sulfonamides is 1. The van der Waals surface area contributed by atoms with Crippen molar-refractivity contribution in [1.29, 1.82) is 0 Å². The number of amides is 2. The monoisotopic (exact) mass is 595 g/mol. The number of hydrogen-bond acceptors (Lipinski definition) is 8. The van der Waals surface area contributed by atoms with Crippen LogP contribution >= 0.6 is 10.7 Å². The molecule has 0 aromatic heterocycles. The first-order valence-corrected chi connectivity index (χ1v) is 16.1. The molecule has 0 aliphatic carbocycles. The molecule has 38 heavy (non-hydrogen) atoms. The lowest BCUT2D eigenvalue weighted by Gasteiger charge is -2.24. The summed E-state index contributed by atoms with van der Waals surface area (Å²) in [5, 5.41) is -1.30. The van der Waals surface area contributed by atoms with Gasteiger partial charge in [0.05, 0.1) is 10.5 Å². The molecular weight excluding hydrogens is 558 g/mol. The number of halogens is 1. The first-order valence-electron chi connectivity index (χ1n) is 12.2. The van der Waals surface area contributed by atoms with Crippen molar-refractivity contribution >= 4 is 47.6 Å². The van der Waals surface area contributed by atoms with E-state index in [2.05, 4.69) is 4.72 Å². The highest BCUT2D eigenvalue weighted by Gasteiger charge is 2.37. The van der Waals surface area contributed by atoms with Crippen LogP contribution in [0.2, 0.25) is 0 Å². The van der Waals surface area contributed by atoms with Crippen molar-refractivity contribution in [1.82, 2.24) is 9.80 Å². The molecule has 14 heteroatoms. The topological polar surface area (TPSA) is 139 Å². The van der Waals surface area contributed by atoms with Gasteiger partial charge in [-0.1, -0.05) is 18.2 Å². The third-order valence-corrected chi connectivity index (χ3v) is 9.18. The molecule has 1 aromatic rings. The van der Waals surface area contributed by atoms with Crippen LogP contribution in [-0.4, -0.2) is 86.7 Å². The minimum Gasteiger partial charge on any atom is -0.444 e. The Kier molecular flexibility index (Phi) is 10.3. The minimum absolute atomic E-state index is 0.112. The number of nitrogens with one attached hydrogen (secondary N) is 1. The van der Waals surface area contributed by atoms with Gasteiger partial charge in [-0.3, -0.25) is 4.72 Å². The van der Waals surface area contributed by atoms with Crippen LogP contribution in [0.25, 0.3) is 0 Å². The van der Waals surface area contributed by atoms with Gasteiger partial charge in [0.1, 0.15) is 11.2 Å². The van der Waals surface area contributed by atoms with E-state index in [0.29, 0.717) is 31.6 Å². The Labute approximate surface area is 230 Å². The Morgan fingerprint density at radius 1 is 0.816 bits per heavy atom. The van der Waals surface area contributed by atoms with Crippen molar-refractivity contribution in [3.05, 3.63) is 30.3 Å². The van der Waals surface area contributed by atoms with E-state index in [9.17, 15) is 26.4 Å². The number of hydrogen-bond donors (Lipinski definition) is 1. The lowest BCUT2D eigenvalue weighted by atomic mass is 10.2. The van der Waals surface area contributed by atoms with Crippen LogP contribution < -0.4 is 4.72 Å². The predicted molar refractivity (Wildman–Crippen MR) is 146 cm³/mol. The molecular formula is C24H38ClN3O8S2. The van der Waals surface area contributed by atoms with Gasteiger partial charge in [0.2, 0.25) is 19.1 Å². The van der Waals surface area contributed by atoms with Crippen LogP contribution in [0.5, 0.6) is 0 Å². The maximum Gasteiger partial charge on any atom is 0.410 e. The largest absolute Gasteiger partial charge is 0.444 e. The number of likely N-dealkylation sites (tertiary alicyclic amines) is 2. The molecule has 0 spiro atoms. The maximum atomic E-state index is 12.4. The smallest absolute Gasteiger partial charge is 0.410 e. The van der Waals surface area contributed by atoms with Crippen LogP contribution in [0.3, 0.4) is 0 Å². The highest BCUT2D eigenvalue weighted by atomic mass is 35.7. The molecule has 2 amide bonds. The summed E-state index contributed by atoms with van der Waals surface area (Å²) in [5.74, 6) is 0. The first kappa shape index (κ1) is 32.0. The average molecular weight is 596 g/mol. The van der Waals surface area contributed by atoms with Gasteiger partial charge in [-0.15, -0.1) is 0 Å². The van der Waals surface area contributed by atoms with Gasteiger partial charge in [-0.25, -0.2) is 26.4 Å². The fourth-order valence-corrected chi connectivity index (χ4v) is 6.28. The number of nitrogens with zero attached hydrogens (tertiary/aromatic N) is 2.